The summed E-state index contributed by atoms with van der Waals surface area (Å²) in [7, 11) is -3.31. The second kappa shape index (κ2) is 12.8. The number of nitrogens with zero attached hydrogens (tertiary/aromatic N) is 3. The standard InChI is InChI=1S/C27H41N3O7S/c1-2-3-10-28(11-4-14-31)25(32)19-29-18-22(20-6-7-24-21(17-20)9-15-37-24)26(27(33)34)23(29)8-13-30-12-5-16-38(30,35)36/h6-7,17,22-23,26,31H,2-5,8-16,18-19H2,1H3,(H,33,34)/t22-,23+,26?/m1/s1. The third-order valence-electron chi connectivity index (χ3n) is 8.11. The highest BCUT2D eigenvalue weighted by molar-refractivity contribution is 7.89. The Morgan fingerprint density at radius 2 is 2.00 bits per heavy atom. The van der Waals surface area contributed by atoms with E-state index in [0.717, 1.165) is 36.1 Å². The first-order chi connectivity index (χ1) is 18.2. The lowest BCUT2D eigenvalue weighted by Crippen LogP contribution is -2.46. The molecule has 0 saturated carbocycles. The fraction of sp³-hybridized carbons (Fsp3) is 0.704. The van der Waals surface area contributed by atoms with Gasteiger partial charge in [0.05, 0.1) is 24.8 Å². The molecule has 1 aromatic rings. The number of fused-ring (bicyclic) bond motifs is 1. The minimum absolute atomic E-state index is 0.00222. The quantitative estimate of drug-likeness (QED) is 0.378. The normalized spacial score (nSPS) is 24.8. The number of aliphatic carboxylic acids is 1. The molecule has 3 atom stereocenters. The molecule has 3 aliphatic heterocycles. The van der Waals surface area contributed by atoms with Gasteiger partial charge in [0.15, 0.2) is 0 Å². The molecule has 3 heterocycles. The summed E-state index contributed by atoms with van der Waals surface area (Å²) in [6.45, 7) is 4.89. The minimum Gasteiger partial charge on any atom is -0.493 e. The van der Waals surface area contributed by atoms with Crippen molar-refractivity contribution in [3.8, 4) is 5.75 Å². The van der Waals surface area contributed by atoms with E-state index >= 15 is 0 Å². The number of carbonyl (C=O) groups is 2. The van der Waals surface area contributed by atoms with Crippen LogP contribution in [0.2, 0.25) is 0 Å². The Bertz CT molecular complexity index is 1090. The number of sulfonamides is 1. The molecule has 0 radical (unpaired) electrons. The molecular formula is C27H41N3O7S. The smallest absolute Gasteiger partial charge is 0.308 e. The molecule has 1 unspecified atom stereocenters. The molecule has 0 aliphatic carbocycles. The van der Waals surface area contributed by atoms with Gasteiger partial charge in [0, 0.05) is 57.7 Å². The summed E-state index contributed by atoms with van der Waals surface area (Å²) in [5.74, 6) is -1.16. The average molecular weight is 552 g/mol. The first-order valence-electron chi connectivity index (χ1n) is 13.8. The number of unbranched alkanes of at least 4 members (excludes halogenated alkanes) is 1. The molecule has 0 bridgehead atoms. The van der Waals surface area contributed by atoms with Crippen LogP contribution in [0.25, 0.3) is 0 Å². The van der Waals surface area contributed by atoms with Crippen molar-refractivity contribution >= 4 is 21.9 Å². The summed E-state index contributed by atoms with van der Waals surface area (Å²) in [6, 6.07) is 5.38. The van der Waals surface area contributed by atoms with Crippen molar-refractivity contribution in [2.75, 3.05) is 58.2 Å². The SMILES string of the molecule is CCCCN(CCCO)C(=O)CN1C[C@H](c2ccc3c(c2)CCO3)C(C(=O)O)[C@@H]1CCN1CCCS1(=O)=O. The fourth-order valence-electron chi connectivity index (χ4n) is 6.09. The lowest BCUT2D eigenvalue weighted by atomic mass is 9.83. The zero-order valence-corrected chi connectivity index (χ0v) is 23.1. The van der Waals surface area contributed by atoms with Crippen molar-refractivity contribution in [2.45, 2.75) is 57.4 Å². The van der Waals surface area contributed by atoms with E-state index in [4.69, 9.17) is 4.74 Å². The Kier molecular flexibility index (Phi) is 9.67. The van der Waals surface area contributed by atoms with Gasteiger partial charge in [-0.1, -0.05) is 25.5 Å². The Morgan fingerprint density at radius 3 is 2.68 bits per heavy atom. The number of carbonyl (C=O) groups excluding carboxylic acids is 1. The second-order valence-electron chi connectivity index (χ2n) is 10.6. The van der Waals surface area contributed by atoms with E-state index in [1.54, 1.807) is 4.90 Å². The molecule has 212 valence electrons. The van der Waals surface area contributed by atoms with E-state index in [9.17, 15) is 28.2 Å². The molecule has 2 fully saturated rings. The zero-order valence-electron chi connectivity index (χ0n) is 22.3. The number of ether oxygens (including phenoxy) is 1. The molecule has 1 amide bonds. The number of likely N-dealkylation sites (tertiary alicyclic amines) is 1. The summed E-state index contributed by atoms with van der Waals surface area (Å²) < 4.78 is 32.0. The number of hydrogen-bond acceptors (Lipinski definition) is 7. The van der Waals surface area contributed by atoms with Gasteiger partial charge in [-0.15, -0.1) is 0 Å². The van der Waals surface area contributed by atoms with Crippen LogP contribution in [0.15, 0.2) is 18.2 Å². The molecule has 2 saturated heterocycles. The lowest BCUT2D eigenvalue weighted by molar-refractivity contribution is -0.144. The van der Waals surface area contributed by atoms with Gasteiger partial charge in [-0.05, 0) is 42.9 Å². The van der Waals surface area contributed by atoms with Gasteiger partial charge in [0.1, 0.15) is 5.75 Å². The van der Waals surface area contributed by atoms with Crippen molar-refractivity contribution in [1.82, 2.24) is 14.1 Å². The molecule has 38 heavy (non-hydrogen) atoms. The van der Waals surface area contributed by atoms with Crippen LogP contribution < -0.4 is 4.74 Å². The first kappa shape index (κ1) is 28.8. The molecular weight excluding hydrogens is 510 g/mol. The van der Waals surface area contributed by atoms with Crippen LogP contribution in [0.5, 0.6) is 5.75 Å². The van der Waals surface area contributed by atoms with Gasteiger partial charge in [0.2, 0.25) is 15.9 Å². The Labute approximate surface area is 225 Å². The summed E-state index contributed by atoms with van der Waals surface area (Å²) in [5, 5.41) is 19.7. The summed E-state index contributed by atoms with van der Waals surface area (Å²) in [5.41, 5.74) is 1.98. The minimum atomic E-state index is -3.31. The molecule has 3 aliphatic rings. The van der Waals surface area contributed by atoms with Crippen molar-refractivity contribution in [3.63, 3.8) is 0 Å². The van der Waals surface area contributed by atoms with Gasteiger partial charge in [-0.25, -0.2) is 12.7 Å². The highest BCUT2D eigenvalue weighted by Gasteiger charge is 2.47. The number of aliphatic hydroxyl groups is 1. The lowest BCUT2D eigenvalue weighted by Gasteiger charge is -2.30. The van der Waals surface area contributed by atoms with Gasteiger partial charge in [0.25, 0.3) is 0 Å². The summed E-state index contributed by atoms with van der Waals surface area (Å²) in [6.07, 6.45) is 3.98. The summed E-state index contributed by atoms with van der Waals surface area (Å²) >= 11 is 0. The summed E-state index contributed by atoms with van der Waals surface area (Å²) in [4.78, 5) is 29.8. The zero-order chi connectivity index (χ0) is 27.3. The van der Waals surface area contributed by atoms with E-state index in [-0.39, 0.29) is 37.3 Å². The van der Waals surface area contributed by atoms with Crippen LogP contribution in [0, 0.1) is 5.92 Å². The van der Waals surface area contributed by atoms with E-state index in [1.165, 1.54) is 4.31 Å². The van der Waals surface area contributed by atoms with Gasteiger partial charge < -0.3 is 19.8 Å². The monoisotopic (exact) mass is 551 g/mol. The highest BCUT2D eigenvalue weighted by atomic mass is 32.2. The van der Waals surface area contributed by atoms with Crippen LogP contribution >= 0.6 is 0 Å². The third kappa shape index (κ3) is 6.50. The van der Waals surface area contributed by atoms with Crippen molar-refractivity contribution in [3.05, 3.63) is 29.3 Å². The topological polar surface area (TPSA) is 128 Å². The van der Waals surface area contributed by atoms with E-state index in [2.05, 4.69) is 6.92 Å². The molecule has 2 N–H and O–H groups in total. The van der Waals surface area contributed by atoms with Crippen molar-refractivity contribution in [2.24, 2.45) is 5.92 Å². The van der Waals surface area contributed by atoms with Crippen molar-refractivity contribution in [1.29, 1.82) is 0 Å². The van der Waals surface area contributed by atoms with Gasteiger partial charge >= 0.3 is 5.97 Å². The number of rotatable bonds is 13. The molecule has 0 spiro atoms. The van der Waals surface area contributed by atoms with Crippen LogP contribution in [-0.2, 0) is 26.0 Å². The van der Waals surface area contributed by atoms with E-state index < -0.39 is 28.0 Å². The largest absolute Gasteiger partial charge is 0.493 e. The molecule has 0 aromatic heterocycles. The number of benzene rings is 1. The van der Waals surface area contributed by atoms with Crippen LogP contribution in [0.1, 0.15) is 56.1 Å². The maximum absolute atomic E-state index is 13.4. The first-order valence-corrected chi connectivity index (χ1v) is 15.4. The number of hydrogen-bond donors (Lipinski definition) is 2. The van der Waals surface area contributed by atoms with Crippen LogP contribution in [0.4, 0.5) is 0 Å². The number of aliphatic hydroxyl groups excluding tert-OH is 1. The van der Waals surface area contributed by atoms with Gasteiger partial charge in [-0.2, -0.15) is 0 Å². The molecule has 1 aromatic carbocycles. The number of carboxylic acid groups (broad SMARTS) is 1. The van der Waals surface area contributed by atoms with E-state index in [1.807, 2.05) is 23.1 Å². The fourth-order valence-corrected chi connectivity index (χ4v) is 7.63. The van der Waals surface area contributed by atoms with Crippen LogP contribution in [0.3, 0.4) is 0 Å². The number of carboxylic acids is 1. The predicted molar refractivity (Wildman–Crippen MR) is 143 cm³/mol. The molecule has 4 rings (SSSR count). The second-order valence-corrected chi connectivity index (χ2v) is 12.7. The Hall–Kier alpha value is -2.21. The average Bonchev–Trinajstić information content (AvgIpc) is 3.58. The van der Waals surface area contributed by atoms with E-state index in [0.29, 0.717) is 52.0 Å². The predicted octanol–water partition coefficient (Wildman–Crippen LogP) is 1.53. The van der Waals surface area contributed by atoms with Gasteiger partial charge in [-0.3, -0.25) is 14.5 Å². The molecule has 10 nitrogen and oxygen atoms in total. The van der Waals surface area contributed by atoms with Crippen LogP contribution in [-0.4, -0.2) is 109 Å². The Balaban J connectivity index is 1.59. The Morgan fingerprint density at radius 1 is 1.21 bits per heavy atom. The third-order valence-corrected chi connectivity index (χ3v) is 10.1. The van der Waals surface area contributed by atoms with Crippen molar-refractivity contribution < 1.29 is 33.0 Å². The maximum Gasteiger partial charge on any atom is 0.308 e. The molecule has 11 heteroatoms. The highest BCUT2D eigenvalue weighted by Crippen LogP contribution is 2.41. The number of amides is 1. The maximum atomic E-state index is 13.4.